The first-order valence-electron chi connectivity index (χ1n) is 7.70. The number of nitrogens with zero attached hydrogens (tertiary/aromatic N) is 1. The van der Waals surface area contributed by atoms with E-state index in [1.54, 1.807) is 43.3 Å². The van der Waals surface area contributed by atoms with Gasteiger partial charge in [0.2, 0.25) is 0 Å². The highest BCUT2D eigenvalue weighted by Gasteiger charge is 2.22. The van der Waals surface area contributed by atoms with Crippen LogP contribution in [0.3, 0.4) is 0 Å². The number of ether oxygens (including phenoxy) is 1. The number of hydrogen-bond donors (Lipinski definition) is 1. The first kappa shape index (κ1) is 18.7. The van der Waals surface area contributed by atoms with Gasteiger partial charge in [-0.25, -0.2) is 13.4 Å². The number of thiazole rings is 1. The van der Waals surface area contributed by atoms with Crippen molar-refractivity contribution in [1.82, 2.24) is 4.98 Å². The number of sulfonamides is 1. The molecule has 0 saturated carbocycles. The van der Waals surface area contributed by atoms with Crippen LogP contribution in [0.15, 0.2) is 46.7 Å². The summed E-state index contributed by atoms with van der Waals surface area (Å²) in [5.74, 6) is 0.257. The molecule has 5 nitrogen and oxygen atoms in total. The van der Waals surface area contributed by atoms with Crippen LogP contribution >= 0.6 is 22.9 Å². The molecule has 136 valence electrons. The fourth-order valence-corrected chi connectivity index (χ4v) is 4.58. The molecule has 0 atom stereocenters. The number of halogens is 1. The zero-order valence-electron chi connectivity index (χ0n) is 14.4. The predicted molar refractivity (Wildman–Crippen MR) is 106 cm³/mol. The maximum atomic E-state index is 13.0. The van der Waals surface area contributed by atoms with Crippen molar-refractivity contribution in [2.45, 2.75) is 18.7 Å². The summed E-state index contributed by atoms with van der Waals surface area (Å²) < 4.78 is 33.8. The largest absolute Gasteiger partial charge is 0.495 e. The molecule has 1 heterocycles. The number of rotatable bonds is 5. The third kappa shape index (κ3) is 3.70. The standard InChI is InChI=1S/C18H17ClN2O3S2/c1-11-14(19)5-4-6-15(11)21-26(22,23)18-9-13(7-8-17(18)24-3)16-10-25-12(2)20-16/h4-10,21H,1-3H3. The van der Waals surface area contributed by atoms with Crippen LogP contribution in [0.5, 0.6) is 5.75 Å². The smallest absolute Gasteiger partial charge is 0.265 e. The van der Waals surface area contributed by atoms with Crippen LogP contribution in [0.1, 0.15) is 10.6 Å². The normalized spacial score (nSPS) is 11.4. The van der Waals surface area contributed by atoms with Crippen molar-refractivity contribution in [3.05, 3.63) is 57.4 Å². The van der Waals surface area contributed by atoms with Gasteiger partial charge in [-0.1, -0.05) is 17.7 Å². The lowest BCUT2D eigenvalue weighted by Gasteiger charge is -2.14. The third-order valence-corrected chi connectivity index (χ3v) is 6.45. The van der Waals surface area contributed by atoms with Crippen molar-refractivity contribution >= 4 is 38.6 Å². The maximum absolute atomic E-state index is 13.0. The zero-order valence-corrected chi connectivity index (χ0v) is 16.8. The maximum Gasteiger partial charge on any atom is 0.265 e. The van der Waals surface area contributed by atoms with E-state index in [2.05, 4.69) is 9.71 Å². The summed E-state index contributed by atoms with van der Waals surface area (Å²) in [6, 6.07) is 10.0. The summed E-state index contributed by atoms with van der Waals surface area (Å²) in [5.41, 5.74) is 2.52. The minimum atomic E-state index is -3.88. The van der Waals surface area contributed by atoms with Gasteiger partial charge in [-0.3, -0.25) is 4.72 Å². The number of anilines is 1. The molecule has 0 aliphatic rings. The molecule has 2 aromatic carbocycles. The number of hydrogen-bond acceptors (Lipinski definition) is 5. The van der Waals surface area contributed by atoms with E-state index in [0.29, 0.717) is 21.8 Å². The molecule has 0 unspecified atom stereocenters. The molecule has 3 rings (SSSR count). The van der Waals surface area contributed by atoms with Gasteiger partial charge in [-0.2, -0.15) is 0 Å². The van der Waals surface area contributed by atoms with Crippen molar-refractivity contribution in [2.75, 3.05) is 11.8 Å². The molecule has 26 heavy (non-hydrogen) atoms. The molecule has 0 radical (unpaired) electrons. The summed E-state index contributed by atoms with van der Waals surface area (Å²) >= 11 is 7.59. The van der Waals surface area contributed by atoms with Crippen LogP contribution in [0.2, 0.25) is 5.02 Å². The van der Waals surface area contributed by atoms with E-state index in [0.717, 1.165) is 10.7 Å². The van der Waals surface area contributed by atoms with Gasteiger partial charge in [0.15, 0.2) is 0 Å². The molecule has 0 saturated heterocycles. The van der Waals surface area contributed by atoms with Crippen LogP contribution in [-0.2, 0) is 10.0 Å². The van der Waals surface area contributed by atoms with Crippen molar-refractivity contribution in [2.24, 2.45) is 0 Å². The zero-order chi connectivity index (χ0) is 18.9. The summed E-state index contributed by atoms with van der Waals surface area (Å²) in [7, 11) is -2.44. The second kappa shape index (κ2) is 7.26. The number of methoxy groups -OCH3 is 1. The summed E-state index contributed by atoms with van der Waals surface area (Å²) in [5, 5.41) is 3.29. The Morgan fingerprint density at radius 1 is 1.19 bits per heavy atom. The number of nitrogens with one attached hydrogen (secondary N) is 1. The summed E-state index contributed by atoms with van der Waals surface area (Å²) in [4.78, 5) is 4.46. The average Bonchev–Trinajstić information content (AvgIpc) is 3.04. The van der Waals surface area contributed by atoms with Gasteiger partial charge in [0.05, 0.1) is 23.5 Å². The minimum Gasteiger partial charge on any atom is -0.495 e. The Labute approximate surface area is 161 Å². The van der Waals surface area contributed by atoms with E-state index in [1.807, 2.05) is 12.3 Å². The van der Waals surface area contributed by atoms with Crippen LogP contribution in [-0.4, -0.2) is 20.5 Å². The average molecular weight is 409 g/mol. The van der Waals surface area contributed by atoms with E-state index < -0.39 is 10.0 Å². The fraction of sp³-hybridized carbons (Fsp3) is 0.167. The first-order chi connectivity index (χ1) is 12.3. The Bertz CT molecular complexity index is 1060. The lowest BCUT2D eigenvalue weighted by molar-refractivity contribution is 0.403. The van der Waals surface area contributed by atoms with E-state index in [1.165, 1.54) is 18.4 Å². The van der Waals surface area contributed by atoms with Gasteiger partial charge >= 0.3 is 0 Å². The lowest BCUT2D eigenvalue weighted by atomic mass is 10.2. The lowest BCUT2D eigenvalue weighted by Crippen LogP contribution is -2.15. The quantitative estimate of drug-likeness (QED) is 0.652. The van der Waals surface area contributed by atoms with E-state index in [4.69, 9.17) is 16.3 Å². The highest BCUT2D eigenvalue weighted by Crippen LogP contribution is 2.33. The number of aryl methyl sites for hydroxylation is 1. The molecule has 0 aliphatic heterocycles. The highest BCUT2D eigenvalue weighted by atomic mass is 35.5. The molecule has 3 aromatic rings. The van der Waals surface area contributed by atoms with Gasteiger partial charge in [0.25, 0.3) is 10.0 Å². The SMILES string of the molecule is COc1ccc(-c2csc(C)n2)cc1S(=O)(=O)Nc1cccc(Cl)c1C. The Morgan fingerprint density at radius 3 is 2.62 bits per heavy atom. The van der Waals surface area contributed by atoms with Gasteiger partial charge in [-0.15, -0.1) is 11.3 Å². The summed E-state index contributed by atoms with van der Waals surface area (Å²) in [6.07, 6.45) is 0. The fourth-order valence-electron chi connectivity index (χ4n) is 2.46. The van der Waals surface area contributed by atoms with Crippen LogP contribution in [0.25, 0.3) is 11.3 Å². The van der Waals surface area contributed by atoms with Crippen LogP contribution in [0.4, 0.5) is 5.69 Å². The molecule has 1 aromatic heterocycles. The Hall–Kier alpha value is -2.09. The van der Waals surface area contributed by atoms with E-state index in [9.17, 15) is 8.42 Å². The Balaban J connectivity index is 2.07. The van der Waals surface area contributed by atoms with Gasteiger partial charge in [0, 0.05) is 16.0 Å². The second-order valence-corrected chi connectivity index (χ2v) is 8.76. The topological polar surface area (TPSA) is 68.3 Å². The van der Waals surface area contributed by atoms with Crippen molar-refractivity contribution in [1.29, 1.82) is 0 Å². The minimum absolute atomic E-state index is 0.0440. The summed E-state index contributed by atoms with van der Waals surface area (Å²) in [6.45, 7) is 3.66. The molecule has 0 spiro atoms. The highest BCUT2D eigenvalue weighted by molar-refractivity contribution is 7.92. The van der Waals surface area contributed by atoms with Crippen molar-refractivity contribution < 1.29 is 13.2 Å². The third-order valence-electron chi connectivity index (χ3n) is 3.88. The molecule has 0 amide bonds. The van der Waals surface area contributed by atoms with E-state index >= 15 is 0 Å². The number of benzene rings is 2. The first-order valence-corrected chi connectivity index (χ1v) is 10.4. The Morgan fingerprint density at radius 2 is 1.96 bits per heavy atom. The van der Waals surface area contributed by atoms with Gasteiger partial charge < -0.3 is 4.74 Å². The van der Waals surface area contributed by atoms with Crippen LogP contribution in [0, 0.1) is 13.8 Å². The predicted octanol–water partition coefficient (Wildman–Crippen LogP) is 4.89. The second-order valence-electron chi connectivity index (χ2n) is 5.64. The molecule has 0 aliphatic carbocycles. The van der Waals surface area contributed by atoms with Gasteiger partial charge in [0.1, 0.15) is 10.6 Å². The molecule has 1 N–H and O–H groups in total. The van der Waals surface area contributed by atoms with Gasteiger partial charge in [-0.05, 0) is 49.7 Å². The molecule has 0 fully saturated rings. The van der Waals surface area contributed by atoms with Crippen molar-refractivity contribution in [3.63, 3.8) is 0 Å². The Kier molecular flexibility index (Phi) is 5.22. The molecule has 8 heteroatoms. The molecular formula is C18H17ClN2O3S2. The van der Waals surface area contributed by atoms with Crippen molar-refractivity contribution in [3.8, 4) is 17.0 Å². The van der Waals surface area contributed by atoms with E-state index in [-0.39, 0.29) is 10.6 Å². The molecule has 0 bridgehead atoms. The monoisotopic (exact) mass is 408 g/mol. The number of aromatic nitrogens is 1. The van der Waals surface area contributed by atoms with Crippen LogP contribution < -0.4 is 9.46 Å². The molecular weight excluding hydrogens is 392 g/mol.